The quantitative estimate of drug-likeness (QED) is 0.401. The first-order chi connectivity index (χ1) is 9.63. The molecule has 0 aromatic rings. The summed E-state index contributed by atoms with van der Waals surface area (Å²) in [6.07, 6.45) is 5.44. The van der Waals surface area contributed by atoms with Gasteiger partial charge in [-0.2, -0.15) is 0 Å². The van der Waals surface area contributed by atoms with E-state index in [1.165, 1.54) is 0 Å². The van der Waals surface area contributed by atoms with Crippen molar-refractivity contribution in [1.29, 1.82) is 0 Å². The van der Waals surface area contributed by atoms with Crippen LogP contribution in [0.15, 0.2) is 0 Å². The normalized spacial score (nSPS) is 14.0. The molecule has 0 saturated carbocycles. The number of carbonyl (C=O) groups excluding carboxylic acids is 1. The molecule has 0 amide bonds. The smallest absolute Gasteiger partial charge is 0.305 e. The van der Waals surface area contributed by atoms with E-state index < -0.39 is 12.7 Å². The molecule has 0 heterocycles. The zero-order valence-corrected chi connectivity index (χ0v) is 12.8. The van der Waals surface area contributed by atoms with Gasteiger partial charge in [-0.15, -0.1) is 0 Å². The van der Waals surface area contributed by atoms with Gasteiger partial charge in [0.15, 0.2) is 0 Å². The summed E-state index contributed by atoms with van der Waals surface area (Å²) >= 11 is 0. The zero-order chi connectivity index (χ0) is 15.2. The molecule has 5 heteroatoms. The molecule has 120 valence electrons. The number of rotatable bonds is 13. The molecule has 0 fully saturated rings. The predicted molar refractivity (Wildman–Crippen MR) is 77.5 cm³/mol. The fourth-order valence-corrected chi connectivity index (χ4v) is 1.82. The van der Waals surface area contributed by atoms with Crippen LogP contribution in [0.3, 0.4) is 0 Å². The van der Waals surface area contributed by atoms with Crippen LogP contribution >= 0.6 is 0 Å². The highest BCUT2D eigenvalue weighted by atomic mass is 16.5. The molecule has 0 saturated heterocycles. The van der Waals surface area contributed by atoms with Crippen LogP contribution in [-0.2, 0) is 14.3 Å². The van der Waals surface area contributed by atoms with E-state index in [0.717, 1.165) is 45.1 Å². The Morgan fingerprint density at radius 1 is 1.15 bits per heavy atom. The van der Waals surface area contributed by atoms with Crippen molar-refractivity contribution < 1.29 is 24.5 Å². The number of ether oxygens (including phenoxy) is 2. The minimum absolute atomic E-state index is 0.138. The molecule has 0 bridgehead atoms. The molecule has 0 rings (SSSR count). The molecule has 0 aliphatic heterocycles. The second-order valence-corrected chi connectivity index (χ2v) is 5.05. The van der Waals surface area contributed by atoms with Gasteiger partial charge in [-0.1, -0.05) is 26.7 Å². The van der Waals surface area contributed by atoms with E-state index in [-0.39, 0.29) is 18.7 Å². The van der Waals surface area contributed by atoms with Gasteiger partial charge in [0, 0.05) is 13.0 Å². The van der Waals surface area contributed by atoms with Crippen molar-refractivity contribution in [2.45, 2.75) is 71.0 Å². The number of hydrogen-bond acceptors (Lipinski definition) is 5. The fraction of sp³-hybridized carbons (Fsp3) is 0.933. The van der Waals surface area contributed by atoms with Crippen LogP contribution < -0.4 is 0 Å². The second kappa shape index (κ2) is 13.3. The van der Waals surface area contributed by atoms with Crippen molar-refractivity contribution in [3.8, 4) is 0 Å². The van der Waals surface area contributed by atoms with E-state index in [1.54, 1.807) is 0 Å². The number of aliphatic hydroxyl groups is 2. The minimum atomic E-state index is -0.982. The Morgan fingerprint density at radius 2 is 1.90 bits per heavy atom. The molecular weight excluding hydrogens is 260 g/mol. The van der Waals surface area contributed by atoms with Crippen LogP contribution in [-0.4, -0.2) is 48.2 Å². The van der Waals surface area contributed by atoms with Gasteiger partial charge < -0.3 is 19.7 Å². The molecule has 2 unspecified atom stereocenters. The maximum Gasteiger partial charge on any atom is 0.305 e. The number of unbranched alkanes of at least 4 members (excludes halogenated alkanes) is 1. The topological polar surface area (TPSA) is 76.0 Å². The van der Waals surface area contributed by atoms with Crippen molar-refractivity contribution in [2.75, 3.05) is 19.8 Å². The molecule has 2 N–H and O–H groups in total. The largest absolute Gasteiger partial charge is 0.463 e. The van der Waals surface area contributed by atoms with Crippen molar-refractivity contribution in [1.82, 2.24) is 0 Å². The molecule has 0 spiro atoms. The van der Waals surface area contributed by atoms with Crippen LogP contribution in [0.5, 0.6) is 0 Å². The van der Waals surface area contributed by atoms with Gasteiger partial charge >= 0.3 is 5.97 Å². The standard InChI is InChI=1S/C15H30O5/c1-3-5-10-19-14(7-4-2)8-6-9-15(18)20-12-13(17)11-16/h13-14,16-17H,3-12H2,1-2H3. The van der Waals surface area contributed by atoms with Gasteiger partial charge in [0.25, 0.3) is 0 Å². The third kappa shape index (κ3) is 11.2. The minimum Gasteiger partial charge on any atom is -0.463 e. The van der Waals surface area contributed by atoms with E-state index in [2.05, 4.69) is 13.8 Å². The van der Waals surface area contributed by atoms with Gasteiger partial charge in [-0.05, 0) is 25.7 Å². The van der Waals surface area contributed by atoms with E-state index in [4.69, 9.17) is 19.7 Å². The van der Waals surface area contributed by atoms with Crippen molar-refractivity contribution in [2.24, 2.45) is 0 Å². The number of carbonyl (C=O) groups is 1. The summed E-state index contributed by atoms with van der Waals surface area (Å²) in [6, 6.07) is 0. The average molecular weight is 290 g/mol. The number of hydrogen-bond donors (Lipinski definition) is 2. The molecule has 0 aliphatic carbocycles. The predicted octanol–water partition coefficient (Wildman–Crippen LogP) is 2.04. The number of esters is 1. The summed E-state index contributed by atoms with van der Waals surface area (Å²) < 4.78 is 10.6. The van der Waals surface area contributed by atoms with Crippen LogP contribution in [0, 0.1) is 0 Å². The molecule has 5 nitrogen and oxygen atoms in total. The van der Waals surface area contributed by atoms with Gasteiger partial charge in [0.05, 0.1) is 12.7 Å². The maximum absolute atomic E-state index is 11.4. The van der Waals surface area contributed by atoms with Gasteiger partial charge in [-0.3, -0.25) is 4.79 Å². The van der Waals surface area contributed by atoms with Crippen molar-refractivity contribution >= 4 is 5.97 Å². The summed E-state index contributed by atoms with van der Waals surface area (Å²) in [5.74, 6) is -0.332. The van der Waals surface area contributed by atoms with Crippen LogP contribution in [0.1, 0.15) is 58.8 Å². The summed E-state index contributed by atoms with van der Waals surface area (Å²) in [6.45, 7) is 4.52. The highest BCUT2D eigenvalue weighted by Gasteiger charge is 2.11. The van der Waals surface area contributed by atoms with Crippen LogP contribution in [0.2, 0.25) is 0 Å². The molecule has 0 aromatic heterocycles. The summed E-state index contributed by atoms with van der Waals surface area (Å²) in [5, 5.41) is 17.7. The Labute approximate surface area is 122 Å². The number of aliphatic hydroxyl groups excluding tert-OH is 2. The third-order valence-corrected chi connectivity index (χ3v) is 3.02. The molecule has 20 heavy (non-hydrogen) atoms. The van der Waals surface area contributed by atoms with Gasteiger partial charge in [0.1, 0.15) is 12.7 Å². The monoisotopic (exact) mass is 290 g/mol. The Morgan fingerprint density at radius 3 is 2.50 bits per heavy atom. The van der Waals surface area contributed by atoms with Crippen LogP contribution in [0.25, 0.3) is 0 Å². The molecule has 0 aliphatic rings. The molecule has 0 radical (unpaired) electrons. The summed E-state index contributed by atoms with van der Waals surface area (Å²) in [7, 11) is 0. The molecular formula is C15H30O5. The van der Waals surface area contributed by atoms with Gasteiger partial charge in [0.2, 0.25) is 0 Å². The molecule has 2 atom stereocenters. The summed E-state index contributed by atoms with van der Waals surface area (Å²) in [5.41, 5.74) is 0. The first kappa shape index (κ1) is 19.4. The summed E-state index contributed by atoms with van der Waals surface area (Å²) in [4.78, 5) is 11.4. The Balaban J connectivity index is 3.72. The van der Waals surface area contributed by atoms with E-state index in [9.17, 15) is 4.79 Å². The lowest BCUT2D eigenvalue weighted by molar-refractivity contribution is -0.147. The van der Waals surface area contributed by atoms with Crippen molar-refractivity contribution in [3.05, 3.63) is 0 Å². The maximum atomic E-state index is 11.4. The van der Waals surface area contributed by atoms with E-state index >= 15 is 0 Å². The lowest BCUT2D eigenvalue weighted by Crippen LogP contribution is -2.22. The Bertz CT molecular complexity index is 232. The van der Waals surface area contributed by atoms with Crippen LogP contribution in [0.4, 0.5) is 0 Å². The SMILES string of the molecule is CCCCOC(CCC)CCCC(=O)OCC(O)CO. The highest BCUT2D eigenvalue weighted by molar-refractivity contribution is 5.69. The lowest BCUT2D eigenvalue weighted by Gasteiger charge is -2.17. The zero-order valence-electron chi connectivity index (χ0n) is 12.8. The first-order valence-corrected chi connectivity index (χ1v) is 7.70. The lowest BCUT2D eigenvalue weighted by atomic mass is 10.1. The second-order valence-electron chi connectivity index (χ2n) is 5.05. The fourth-order valence-electron chi connectivity index (χ4n) is 1.82. The van der Waals surface area contributed by atoms with E-state index in [1.807, 2.05) is 0 Å². The third-order valence-electron chi connectivity index (χ3n) is 3.02. The first-order valence-electron chi connectivity index (χ1n) is 7.70. The average Bonchev–Trinajstić information content (AvgIpc) is 2.45. The van der Waals surface area contributed by atoms with Gasteiger partial charge in [-0.25, -0.2) is 0 Å². The highest BCUT2D eigenvalue weighted by Crippen LogP contribution is 2.12. The Kier molecular flexibility index (Phi) is 12.9. The molecule has 0 aromatic carbocycles. The Hall–Kier alpha value is -0.650. The van der Waals surface area contributed by atoms with Crippen molar-refractivity contribution in [3.63, 3.8) is 0 Å². The van der Waals surface area contributed by atoms with E-state index in [0.29, 0.717) is 6.42 Å².